The lowest BCUT2D eigenvalue weighted by Crippen LogP contribution is -2.44. The SMILES string of the molecule is C#CC(CC)CCCCCCCCCC.CC.CC(=O)CCCCCN1CCCC1.CC/C=C/OCCCCCCC(C)(C)C(=O)N(C)C(CCCCCCCC)CCCCCCCC.CNCCC=O. The third-order valence-electron chi connectivity index (χ3n) is 13.8. The number of rotatable bonds is 44. The van der Waals surface area contributed by atoms with E-state index in [9.17, 15) is 14.4 Å². The minimum Gasteiger partial charge on any atom is -0.502 e. The van der Waals surface area contributed by atoms with Crippen molar-refractivity contribution in [3.8, 4) is 12.3 Å². The highest BCUT2D eigenvalue weighted by Crippen LogP contribution is 2.29. The number of aldehydes is 1. The fourth-order valence-corrected chi connectivity index (χ4v) is 8.97. The summed E-state index contributed by atoms with van der Waals surface area (Å²) in [6, 6.07) is 0.410. The number of terminal acetylenes is 1. The molecule has 1 atom stereocenters. The molecule has 0 aliphatic carbocycles. The van der Waals surface area contributed by atoms with Crippen molar-refractivity contribution in [3.05, 3.63) is 12.3 Å². The first-order valence-electron chi connectivity index (χ1n) is 30.8. The first-order chi connectivity index (χ1) is 34.4. The number of unbranched alkanes of at least 4 members (excludes halogenated alkanes) is 22. The highest BCUT2D eigenvalue weighted by atomic mass is 16.5. The summed E-state index contributed by atoms with van der Waals surface area (Å²) in [5, 5.41) is 2.84. The van der Waals surface area contributed by atoms with Gasteiger partial charge in [-0.05, 0) is 104 Å². The molecule has 0 aromatic carbocycles. The number of hydrogen-bond acceptors (Lipinski definition) is 6. The maximum absolute atomic E-state index is 13.5. The Morgan fingerprint density at radius 3 is 1.59 bits per heavy atom. The lowest BCUT2D eigenvalue weighted by Gasteiger charge is -2.35. The van der Waals surface area contributed by atoms with Gasteiger partial charge in [0.1, 0.15) is 12.1 Å². The molecule has 1 amide bonds. The van der Waals surface area contributed by atoms with Gasteiger partial charge < -0.3 is 29.4 Å². The van der Waals surface area contributed by atoms with Crippen LogP contribution < -0.4 is 5.32 Å². The number of hydrogen-bond donors (Lipinski definition) is 1. The summed E-state index contributed by atoms with van der Waals surface area (Å²) in [7, 11) is 3.91. The van der Waals surface area contributed by atoms with Crippen molar-refractivity contribution >= 4 is 18.0 Å². The van der Waals surface area contributed by atoms with Crippen molar-refractivity contribution in [2.75, 3.05) is 46.9 Å². The number of nitrogens with zero attached hydrogens (tertiary/aromatic N) is 2. The van der Waals surface area contributed by atoms with Gasteiger partial charge in [0.05, 0.1) is 12.9 Å². The van der Waals surface area contributed by atoms with Crippen LogP contribution in [0.15, 0.2) is 12.3 Å². The minimum atomic E-state index is -0.268. The zero-order valence-electron chi connectivity index (χ0n) is 50.2. The molecule has 1 rings (SSSR count). The molecule has 422 valence electrons. The van der Waals surface area contributed by atoms with Crippen molar-refractivity contribution in [1.82, 2.24) is 15.1 Å². The Balaban J connectivity index is -0.000000506. The van der Waals surface area contributed by atoms with Gasteiger partial charge in [0.2, 0.25) is 5.91 Å². The van der Waals surface area contributed by atoms with E-state index in [0.29, 0.717) is 30.1 Å². The quantitative estimate of drug-likeness (QED) is 0.0284. The molecule has 0 aromatic heterocycles. The summed E-state index contributed by atoms with van der Waals surface area (Å²) in [6.07, 6.45) is 56.3. The Hall–Kier alpha value is -2.17. The number of likely N-dealkylation sites (tertiary alicyclic amines) is 1. The van der Waals surface area contributed by atoms with E-state index < -0.39 is 0 Å². The van der Waals surface area contributed by atoms with Crippen molar-refractivity contribution in [3.63, 3.8) is 0 Å². The Morgan fingerprint density at radius 2 is 1.15 bits per heavy atom. The predicted molar refractivity (Wildman–Crippen MR) is 315 cm³/mol. The second kappa shape index (κ2) is 62.1. The van der Waals surface area contributed by atoms with Crippen LogP contribution in [0.2, 0.25) is 0 Å². The summed E-state index contributed by atoms with van der Waals surface area (Å²) in [5.74, 6) is 4.09. The maximum atomic E-state index is 13.5. The third-order valence-corrected chi connectivity index (χ3v) is 13.8. The van der Waals surface area contributed by atoms with Crippen LogP contribution in [0, 0.1) is 23.7 Å². The molecule has 7 nitrogen and oxygen atoms in total. The van der Waals surface area contributed by atoms with Gasteiger partial charge in [0, 0.05) is 43.8 Å². The molecule has 7 heteroatoms. The fraction of sp³-hybridized carbons (Fsp3) is 0.891. The monoisotopic (exact) mass is 1000 g/mol. The van der Waals surface area contributed by atoms with Crippen molar-refractivity contribution in [2.24, 2.45) is 11.3 Å². The zero-order valence-corrected chi connectivity index (χ0v) is 50.2. The highest BCUT2D eigenvalue weighted by molar-refractivity contribution is 5.82. The van der Waals surface area contributed by atoms with E-state index in [4.69, 9.17) is 11.2 Å². The Labute approximate surface area is 446 Å². The van der Waals surface area contributed by atoms with Crippen LogP contribution in [0.25, 0.3) is 0 Å². The molecular weight excluding hydrogens is 875 g/mol. The van der Waals surface area contributed by atoms with E-state index in [1.807, 2.05) is 27.2 Å². The summed E-state index contributed by atoms with van der Waals surface area (Å²) >= 11 is 0. The van der Waals surface area contributed by atoms with Gasteiger partial charge in [-0.15, -0.1) is 12.3 Å². The molecule has 1 unspecified atom stereocenters. The van der Waals surface area contributed by atoms with Gasteiger partial charge in [-0.1, -0.05) is 222 Å². The molecule has 1 fully saturated rings. The average molecular weight is 1000 g/mol. The number of nitrogens with one attached hydrogen (secondary N) is 1. The van der Waals surface area contributed by atoms with Crippen LogP contribution in [0.4, 0.5) is 0 Å². The Morgan fingerprint density at radius 1 is 0.690 bits per heavy atom. The van der Waals surface area contributed by atoms with Gasteiger partial charge in [-0.3, -0.25) is 4.79 Å². The summed E-state index contributed by atoms with van der Waals surface area (Å²) < 4.78 is 5.50. The smallest absolute Gasteiger partial charge is 0.228 e. The molecule has 71 heavy (non-hydrogen) atoms. The van der Waals surface area contributed by atoms with E-state index in [0.717, 1.165) is 64.4 Å². The molecule has 0 radical (unpaired) electrons. The Kier molecular flexibility index (Phi) is 65.9. The number of Topliss-reactive ketones (excluding diaryl/α,β-unsaturated/α-hetero) is 1. The van der Waals surface area contributed by atoms with Crippen LogP contribution in [0.5, 0.6) is 0 Å². The summed E-state index contributed by atoms with van der Waals surface area (Å²) in [4.78, 5) is 38.4. The number of carbonyl (C=O) groups excluding carboxylic acids is 3. The van der Waals surface area contributed by atoms with Crippen molar-refractivity contribution in [2.45, 2.75) is 313 Å². The molecule has 0 saturated carbocycles. The van der Waals surface area contributed by atoms with E-state index in [2.05, 4.69) is 82.6 Å². The standard InChI is InChI=1S/C32H63NO2.C15H28.C11H21NO.C4H9NO.C2H6/c1-7-10-13-15-17-21-25-30(26-22-18-16-14-11-8-2)33(6)31(34)32(4,5)27-23-19-20-24-29-35-28-12-9-3;1-4-7-8-9-10-11-12-13-14-15(5-2)6-3;1-11(13)7-3-2-4-8-12-9-5-6-10-12;1-5-3-2-4-6;1-2/h12,28,30H,7-11,13-27,29H2,1-6H3;2,15H,4,6-14H2,1,3H3;2-10H2,1H3;4-5H,2-3H2,1H3;1-2H3/b28-12+;;;;. The fourth-order valence-electron chi connectivity index (χ4n) is 8.97. The predicted octanol–water partition coefficient (Wildman–Crippen LogP) is 18.5. The van der Waals surface area contributed by atoms with Gasteiger partial charge in [0.25, 0.3) is 0 Å². The largest absolute Gasteiger partial charge is 0.502 e. The summed E-state index contributed by atoms with van der Waals surface area (Å²) in [6.45, 7) is 26.6. The van der Waals surface area contributed by atoms with Gasteiger partial charge in [0.15, 0.2) is 0 Å². The second-order valence-electron chi connectivity index (χ2n) is 21.0. The molecule has 1 saturated heterocycles. The van der Waals surface area contributed by atoms with E-state index in [1.54, 1.807) is 6.92 Å². The molecule has 0 spiro atoms. The van der Waals surface area contributed by atoms with Crippen LogP contribution in [0.3, 0.4) is 0 Å². The van der Waals surface area contributed by atoms with E-state index >= 15 is 0 Å². The highest BCUT2D eigenvalue weighted by Gasteiger charge is 2.32. The maximum Gasteiger partial charge on any atom is 0.228 e. The molecule has 1 aliphatic rings. The van der Waals surface area contributed by atoms with Crippen LogP contribution in [0.1, 0.15) is 307 Å². The average Bonchev–Trinajstić information content (AvgIpc) is 3.90. The third kappa shape index (κ3) is 57.0. The molecular formula is C64H127N3O4. The lowest BCUT2D eigenvalue weighted by atomic mass is 9.84. The second-order valence-corrected chi connectivity index (χ2v) is 21.0. The first kappa shape index (κ1) is 75.3. The topological polar surface area (TPSA) is 79.0 Å². The molecule has 1 heterocycles. The zero-order chi connectivity index (χ0) is 53.9. The van der Waals surface area contributed by atoms with E-state index in [-0.39, 0.29) is 5.41 Å². The number of allylic oxidation sites excluding steroid dienone is 1. The molecule has 1 aliphatic heterocycles. The minimum absolute atomic E-state index is 0.268. The van der Waals surface area contributed by atoms with Gasteiger partial charge in [-0.25, -0.2) is 0 Å². The molecule has 0 aromatic rings. The van der Waals surface area contributed by atoms with Crippen molar-refractivity contribution < 1.29 is 19.1 Å². The van der Waals surface area contributed by atoms with Crippen molar-refractivity contribution in [1.29, 1.82) is 0 Å². The number of amides is 1. The van der Waals surface area contributed by atoms with Crippen LogP contribution in [-0.4, -0.2) is 80.7 Å². The Bertz CT molecular complexity index is 1130. The lowest BCUT2D eigenvalue weighted by molar-refractivity contribution is -0.142. The molecule has 1 N–H and O–H groups in total. The normalized spacial score (nSPS) is 12.6. The van der Waals surface area contributed by atoms with Gasteiger partial charge >= 0.3 is 0 Å². The van der Waals surface area contributed by atoms with Crippen LogP contribution in [-0.2, 0) is 19.1 Å². The molecule has 0 bridgehead atoms. The summed E-state index contributed by atoms with van der Waals surface area (Å²) in [5.41, 5.74) is -0.268. The number of ether oxygens (including phenoxy) is 1. The number of carbonyl (C=O) groups is 3. The van der Waals surface area contributed by atoms with Gasteiger partial charge in [-0.2, -0.15) is 0 Å². The number of ketones is 1. The first-order valence-corrected chi connectivity index (χ1v) is 30.8. The van der Waals surface area contributed by atoms with Crippen LogP contribution >= 0.6 is 0 Å². The van der Waals surface area contributed by atoms with E-state index in [1.165, 1.54) is 206 Å².